The molecule has 0 radical (unpaired) electrons. The molecule has 1 aromatic carbocycles. The Morgan fingerprint density at radius 3 is 2.43 bits per heavy atom. The van der Waals surface area contributed by atoms with Crippen LogP contribution >= 0.6 is 23.2 Å². The maximum absolute atomic E-state index is 6.23. The van der Waals surface area contributed by atoms with E-state index in [0.29, 0.717) is 10.0 Å². The van der Waals surface area contributed by atoms with Crippen molar-refractivity contribution < 1.29 is 0 Å². The quantitative estimate of drug-likeness (QED) is 0.798. The third-order valence-electron chi connectivity index (χ3n) is 4.50. The van der Waals surface area contributed by atoms with Crippen LogP contribution in [0.3, 0.4) is 0 Å². The summed E-state index contributed by atoms with van der Waals surface area (Å²) >= 11 is 12.3. The van der Waals surface area contributed by atoms with Crippen LogP contribution in [0.4, 0.5) is 0 Å². The first-order chi connectivity index (χ1) is 9.96. The Labute approximate surface area is 138 Å². The van der Waals surface area contributed by atoms with E-state index in [1.54, 1.807) is 0 Å². The highest BCUT2D eigenvalue weighted by atomic mass is 35.5. The molecule has 2 rings (SSSR count). The highest BCUT2D eigenvalue weighted by molar-refractivity contribution is 6.42. The first-order valence-electron chi connectivity index (χ1n) is 7.90. The molecule has 0 aliphatic carbocycles. The second-order valence-corrected chi connectivity index (χ2v) is 7.22. The fourth-order valence-electron chi connectivity index (χ4n) is 3.23. The van der Waals surface area contributed by atoms with Crippen molar-refractivity contribution >= 4 is 23.2 Å². The molecule has 1 aliphatic rings. The molecule has 21 heavy (non-hydrogen) atoms. The van der Waals surface area contributed by atoms with Crippen molar-refractivity contribution in [1.29, 1.82) is 0 Å². The van der Waals surface area contributed by atoms with Gasteiger partial charge in [0.25, 0.3) is 0 Å². The van der Waals surface area contributed by atoms with Gasteiger partial charge in [-0.3, -0.25) is 4.90 Å². The van der Waals surface area contributed by atoms with E-state index in [0.717, 1.165) is 13.0 Å². The number of rotatable bonds is 6. The molecule has 1 aliphatic heterocycles. The number of hydrogen-bond donors (Lipinski definition) is 1. The number of hydrogen-bond acceptors (Lipinski definition) is 2. The molecule has 1 fully saturated rings. The molecule has 4 heteroatoms. The van der Waals surface area contributed by atoms with Gasteiger partial charge in [-0.15, -0.1) is 0 Å². The molecule has 0 aromatic heterocycles. The van der Waals surface area contributed by atoms with Gasteiger partial charge >= 0.3 is 0 Å². The second kappa shape index (κ2) is 7.32. The van der Waals surface area contributed by atoms with Gasteiger partial charge in [-0.25, -0.2) is 0 Å². The van der Waals surface area contributed by atoms with Crippen molar-refractivity contribution in [2.75, 3.05) is 19.6 Å². The smallest absolute Gasteiger partial charge is 0.0595 e. The van der Waals surface area contributed by atoms with Crippen LogP contribution in [0.25, 0.3) is 0 Å². The van der Waals surface area contributed by atoms with Crippen molar-refractivity contribution in [2.24, 2.45) is 0 Å². The largest absolute Gasteiger partial charge is 0.308 e. The summed E-state index contributed by atoms with van der Waals surface area (Å²) in [6.45, 7) is 10.2. The summed E-state index contributed by atoms with van der Waals surface area (Å²) in [4.78, 5) is 2.59. The number of nitrogens with zero attached hydrogens (tertiary/aromatic N) is 1. The number of likely N-dealkylation sites (tertiary alicyclic amines) is 1. The van der Waals surface area contributed by atoms with Gasteiger partial charge in [-0.2, -0.15) is 0 Å². The van der Waals surface area contributed by atoms with Crippen LogP contribution in [-0.2, 0) is 0 Å². The predicted octanol–water partition coefficient (Wildman–Crippen LogP) is 4.91. The first-order valence-corrected chi connectivity index (χ1v) is 8.65. The highest BCUT2D eigenvalue weighted by Gasteiger charge is 2.37. The minimum atomic E-state index is 0.0584. The Kier molecular flexibility index (Phi) is 5.96. The molecular formula is C17H26Cl2N2. The van der Waals surface area contributed by atoms with Crippen molar-refractivity contribution in [3.05, 3.63) is 33.8 Å². The van der Waals surface area contributed by atoms with Gasteiger partial charge in [0.2, 0.25) is 0 Å². The SMILES string of the molecule is CCCNC(c1ccc(Cl)c(Cl)c1)C(C)(C)N1CCCC1. The summed E-state index contributed by atoms with van der Waals surface area (Å²) in [5.41, 5.74) is 1.28. The molecule has 1 heterocycles. The van der Waals surface area contributed by atoms with Crippen LogP contribution < -0.4 is 5.32 Å². The Morgan fingerprint density at radius 2 is 1.86 bits per heavy atom. The topological polar surface area (TPSA) is 15.3 Å². The Balaban J connectivity index is 2.29. The lowest BCUT2D eigenvalue weighted by atomic mass is 9.87. The van der Waals surface area contributed by atoms with E-state index in [-0.39, 0.29) is 11.6 Å². The highest BCUT2D eigenvalue weighted by Crippen LogP contribution is 2.35. The monoisotopic (exact) mass is 328 g/mol. The van der Waals surface area contributed by atoms with E-state index >= 15 is 0 Å². The van der Waals surface area contributed by atoms with Crippen LogP contribution in [0.5, 0.6) is 0 Å². The van der Waals surface area contributed by atoms with Crippen LogP contribution in [0.1, 0.15) is 51.6 Å². The molecule has 1 aromatic rings. The molecule has 118 valence electrons. The molecule has 2 nitrogen and oxygen atoms in total. The maximum atomic E-state index is 6.23. The fourth-order valence-corrected chi connectivity index (χ4v) is 3.54. The molecule has 1 atom stereocenters. The second-order valence-electron chi connectivity index (χ2n) is 6.41. The van der Waals surface area contributed by atoms with Crippen molar-refractivity contribution in [2.45, 2.75) is 51.6 Å². The Hall–Kier alpha value is -0.280. The van der Waals surface area contributed by atoms with E-state index in [1.807, 2.05) is 12.1 Å². The first kappa shape index (κ1) is 17.1. The van der Waals surface area contributed by atoms with Crippen molar-refractivity contribution in [1.82, 2.24) is 10.2 Å². The lowest BCUT2D eigenvalue weighted by molar-refractivity contribution is 0.107. The van der Waals surface area contributed by atoms with Gasteiger partial charge in [-0.1, -0.05) is 36.2 Å². The molecule has 0 saturated carbocycles. The summed E-state index contributed by atoms with van der Waals surface area (Å²) in [7, 11) is 0. The summed E-state index contributed by atoms with van der Waals surface area (Å²) in [5.74, 6) is 0. The number of benzene rings is 1. The molecular weight excluding hydrogens is 303 g/mol. The number of nitrogens with one attached hydrogen (secondary N) is 1. The van der Waals surface area contributed by atoms with Crippen LogP contribution in [0.2, 0.25) is 10.0 Å². The molecule has 1 saturated heterocycles. The van der Waals surface area contributed by atoms with E-state index < -0.39 is 0 Å². The third-order valence-corrected chi connectivity index (χ3v) is 5.24. The predicted molar refractivity (Wildman–Crippen MR) is 92.4 cm³/mol. The average Bonchev–Trinajstić information content (AvgIpc) is 2.97. The van der Waals surface area contributed by atoms with E-state index in [2.05, 4.69) is 37.1 Å². The van der Waals surface area contributed by atoms with E-state index in [9.17, 15) is 0 Å². The molecule has 0 spiro atoms. The number of halogens is 2. The fraction of sp³-hybridized carbons (Fsp3) is 0.647. The lowest BCUT2D eigenvalue weighted by Gasteiger charge is -2.43. The van der Waals surface area contributed by atoms with Gasteiger partial charge in [-0.05, 0) is 70.4 Å². The lowest BCUT2D eigenvalue weighted by Crippen LogP contribution is -2.51. The molecule has 0 bridgehead atoms. The summed E-state index contributed by atoms with van der Waals surface area (Å²) < 4.78 is 0. The third kappa shape index (κ3) is 3.92. The zero-order valence-electron chi connectivity index (χ0n) is 13.3. The maximum Gasteiger partial charge on any atom is 0.0595 e. The van der Waals surface area contributed by atoms with Gasteiger partial charge < -0.3 is 5.32 Å². The van der Waals surface area contributed by atoms with E-state index in [1.165, 1.54) is 31.5 Å². The zero-order chi connectivity index (χ0) is 15.5. The Bertz CT molecular complexity index is 468. The molecule has 1 N–H and O–H groups in total. The summed E-state index contributed by atoms with van der Waals surface area (Å²) in [6.07, 6.45) is 3.71. The van der Waals surface area contributed by atoms with Gasteiger partial charge in [0.15, 0.2) is 0 Å². The van der Waals surface area contributed by atoms with Gasteiger partial charge in [0.05, 0.1) is 16.1 Å². The summed E-state index contributed by atoms with van der Waals surface area (Å²) in [5, 5.41) is 4.96. The van der Waals surface area contributed by atoms with Crippen LogP contribution in [-0.4, -0.2) is 30.1 Å². The van der Waals surface area contributed by atoms with Gasteiger partial charge in [0, 0.05) is 5.54 Å². The summed E-state index contributed by atoms with van der Waals surface area (Å²) in [6, 6.07) is 6.26. The zero-order valence-corrected chi connectivity index (χ0v) is 14.8. The molecule has 0 amide bonds. The van der Waals surface area contributed by atoms with Gasteiger partial charge in [0.1, 0.15) is 0 Å². The van der Waals surface area contributed by atoms with Crippen molar-refractivity contribution in [3.8, 4) is 0 Å². The average molecular weight is 329 g/mol. The van der Waals surface area contributed by atoms with E-state index in [4.69, 9.17) is 23.2 Å². The normalized spacial score (nSPS) is 18.1. The Morgan fingerprint density at radius 1 is 1.19 bits per heavy atom. The van der Waals surface area contributed by atoms with Crippen LogP contribution in [0, 0.1) is 0 Å². The molecule has 1 unspecified atom stereocenters. The minimum Gasteiger partial charge on any atom is -0.308 e. The standard InChI is InChI=1S/C17H26Cl2N2/c1-4-9-20-16(13-7-8-14(18)15(19)12-13)17(2,3)21-10-5-6-11-21/h7-8,12,16,20H,4-6,9-11H2,1-3H3. The minimum absolute atomic E-state index is 0.0584. The van der Waals surface area contributed by atoms with Crippen molar-refractivity contribution in [3.63, 3.8) is 0 Å². The van der Waals surface area contributed by atoms with Crippen LogP contribution in [0.15, 0.2) is 18.2 Å².